The highest BCUT2D eigenvalue weighted by Gasteiger charge is 2.47. The third kappa shape index (κ3) is 10.4. The monoisotopic (exact) mass is 997 g/mol. The summed E-state index contributed by atoms with van der Waals surface area (Å²) in [5, 5.41) is 1.69. The normalized spacial score (nSPS) is 16.5. The number of ether oxygens (including phenoxy) is 2. The number of carbonyl (C=O) groups is 1. The largest absolute Gasteiger partial charge is 0.485 e. The fraction of sp³-hybridized carbons (Fsp3) is 0.533. The number of benzene rings is 2. The SMILES string of the molecule is CCCCCCCCCCCCSc1nc(N2C[C@@H]3C[C@H]2CN3C(=O)OC(C)(C)C)c2cc(I)c(Br)c(OCc3ccc(Cn4c(=O)n(C)c5ncccc54)cc3)c2n1. The molecule has 0 aliphatic carbocycles. The predicted molar refractivity (Wildman–Crippen MR) is 250 cm³/mol. The van der Waals surface area contributed by atoms with Crippen LogP contribution in [0.3, 0.4) is 0 Å². The van der Waals surface area contributed by atoms with Crippen molar-refractivity contribution in [3.8, 4) is 5.75 Å². The van der Waals surface area contributed by atoms with Gasteiger partial charge in [0.15, 0.2) is 16.6 Å². The molecule has 3 aromatic heterocycles. The summed E-state index contributed by atoms with van der Waals surface area (Å²) in [6, 6.07) is 14.3. The fourth-order valence-electron chi connectivity index (χ4n) is 8.25. The third-order valence-corrected chi connectivity index (χ3v) is 14.6. The number of thioether (sulfide) groups is 1. The van der Waals surface area contributed by atoms with Gasteiger partial charge < -0.3 is 19.3 Å². The van der Waals surface area contributed by atoms with E-state index in [1.165, 1.54) is 57.8 Å². The second-order valence-electron chi connectivity index (χ2n) is 17.0. The summed E-state index contributed by atoms with van der Waals surface area (Å²) in [4.78, 5) is 45.3. The topological polar surface area (TPSA) is 108 Å². The molecule has 2 bridgehead atoms. The van der Waals surface area contributed by atoms with Crippen molar-refractivity contribution < 1.29 is 14.3 Å². The summed E-state index contributed by atoms with van der Waals surface area (Å²) in [7, 11) is 1.75. The number of imidazole rings is 1. The van der Waals surface area contributed by atoms with Crippen LogP contribution in [0.4, 0.5) is 10.6 Å². The molecule has 59 heavy (non-hydrogen) atoms. The zero-order valence-corrected chi connectivity index (χ0v) is 39.6. The lowest BCUT2D eigenvalue weighted by Gasteiger charge is -2.36. The Bertz CT molecular complexity index is 2310. The van der Waals surface area contributed by atoms with Crippen molar-refractivity contribution in [1.29, 1.82) is 0 Å². The molecule has 0 spiro atoms. The van der Waals surface area contributed by atoms with Crippen molar-refractivity contribution >= 4 is 84.3 Å². The first kappa shape index (κ1) is 43.7. The second-order valence-corrected chi connectivity index (χ2v) is 20.0. The number of fused-ring (bicyclic) bond motifs is 4. The van der Waals surface area contributed by atoms with Crippen LogP contribution in [-0.4, -0.2) is 71.6 Å². The standard InChI is InChI=1S/C45H57BrIN7O4S/c1-6-7-8-9-10-11-12-13-14-15-23-59-42-49-38-34(40(50-42)52-27-33-24-32(52)28-53(33)44(56)58-45(2,3)4)25-35(47)37(46)39(38)57-29-31-20-18-30(19-21-31)26-54-36-17-16-22-48-41(36)51(5)43(54)55/h16-22,25,32-33H,6-15,23-24,26-29H2,1-5H3/t32-,33-/m0/s1. The lowest BCUT2D eigenvalue weighted by atomic mass is 10.1. The quantitative estimate of drug-likeness (QED) is 0.0367. The number of hydrogen-bond acceptors (Lipinski definition) is 9. The number of piperazine rings is 1. The highest BCUT2D eigenvalue weighted by molar-refractivity contribution is 14.1. The van der Waals surface area contributed by atoms with Gasteiger partial charge in [0.2, 0.25) is 0 Å². The lowest BCUT2D eigenvalue weighted by molar-refractivity contribution is 0.0214. The number of aromatic nitrogens is 5. The summed E-state index contributed by atoms with van der Waals surface area (Å²) >= 11 is 7.94. The van der Waals surface area contributed by atoms with Crippen LogP contribution in [0.5, 0.6) is 5.75 Å². The zero-order chi connectivity index (χ0) is 41.7. The number of aryl methyl sites for hydroxylation is 1. The van der Waals surface area contributed by atoms with Crippen molar-refractivity contribution in [2.24, 2.45) is 7.05 Å². The van der Waals surface area contributed by atoms with Crippen LogP contribution >= 0.6 is 50.3 Å². The summed E-state index contributed by atoms with van der Waals surface area (Å²) in [5.74, 6) is 2.54. The number of unbranched alkanes of at least 4 members (excludes halogenated alkanes) is 9. The van der Waals surface area contributed by atoms with Crippen molar-refractivity contribution in [2.45, 2.75) is 134 Å². The molecule has 5 heterocycles. The molecule has 2 aliphatic rings. The summed E-state index contributed by atoms with van der Waals surface area (Å²) < 4.78 is 17.7. The highest BCUT2D eigenvalue weighted by atomic mass is 127. The number of carbonyl (C=O) groups excluding carboxylic acids is 1. The van der Waals surface area contributed by atoms with Gasteiger partial charge in [-0.2, -0.15) is 0 Å². The van der Waals surface area contributed by atoms with E-state index in [1.54, 1.807) is 34.1 Å². The molecule has 0 N–H and O–H groups in total. The van der Waals surface area contributed by atoms with E-state index in [-0.39, 0.29) is 23.9 Å². The number of rotatable bonds is 18. The molecule has 11 nitrogen and oxygen atoms in total. The first-order valence-electron chi connectivity index (χ1n) is 21.2. The van der Waals surface area contributed by atoms with Gasteiger partial charge in [-0.3, -0.25) is 9.13 Å². The van der Waals surface area contributed by atoms with Crippen LogP contribution in [0, 0.1) is 3.57 Å². The number of pyridine rings is 1. The Morgan fingerprint density at radius 2 is 1.64 bits per heavy atom. The van der Waals surface area contributed by atoms with E-state index in [9.17, 15) is 9.59 Å². The molecule has 7 rings (SSSR count). The second kappa shape index (κ2) is 19.6. The molecule has 316 valence electrons. The fourth-order valence-corrected chi connectivity index (χ4v) is 10.1. The highest BCUT2D eigenvalue weighted by Crippen LogP contribution is 2.44. The summed E-state index contributed by atoms with van der Waals surface area (Å²) in [6.45, 7) is 10.1. The van der Waals surface area contributed by atoms with Crippen LogP contribution in [-0.2, 0) is 24.9 Å². The average Bonchev–Trinajstić information content (AvgIpc) is 3.89. The molecule has 2 aliphatic heterocycles. The van der Waals surface area contributed by atoms with E-state index in [0.717, 1.165) is 65.2 Å². The minimum atomic E-state index is -0.541. The molecule has 2 atom stereocenters. The summed E-state index contributed by atoms with van der Waals surface area (Å²) in [5.41, 5.74) is 3.65. The maximum atomic E-state index is 13.1. The van der Waals surface area contributed by atoms with Crippen LogP contribution < -0.4 is 15.3 Å². The van der Waals surface area contributed by atoms with Gasteiger partial charge in [-0.25, -0.2) is 24.5 Å². The number of amides is 1. The average molecular weight is 999 g/mol. The Balaban J connectivity index is 1.09. The maximum Gasteiger partial charge on any atom is 0.410 e. The van der Waals surface area contributed by atoms with E-state index >= 15 is 0 Å². The van der Waals surface area contributed by atoms with Gasteiger partial charge in [-0.05, 0) is 101 Å². The summed E-state index contributed by atoms with van der Waals surface area (Å²) in [6.07, 6.45) is 15.3. The minimum absolute atomic E-state index is 0.0618. The molecular weight excluding hydrogens is 941 g/mol. The Hall–Kier alpha value is -3.37. The molecule has 2 fully saturated rings. The Labute approximate surface area is 374 Å². The molecule has 0 radical (unpaired) electrons. The van der Waals surface area contributed by atoms with Gasteiger partial charge in [0, 0.05) is 41.0 Å². The zero-order valence-electron chi connectivity index (χ0n) is 35.0. The number of hydrogen-bond donors (Lipinski definition) is 0. The van der Waals surface area contributed by atoms with Crippen molar-refractivity contribution in [2.75, 3.05) is 23.7 Å². The van der Waals surface area contributed by atoms with Gasteiger partial charge in [0.1, 0.15) is 23.5 Å². The van der Waals surface area contributed by atoms with Crippen molar-refractivity contribution in [3.63, 3.8) is 0 Å². The molecule has 0 unspecified atom stereocenters. The molecule has 2 aromatic carbocycles. The van der Waals surface area contributed by atoms with Crippen LogP contribution in [0.1, 0.15) is 109 Å². The predicted octanol–water partition coefficient (Wildman–Crippen LogP) is 10.9. The smallest absolute Gasteiger partial charge is 0.410 e. The lowest BCUT2D eigenvalue weighted by Crippen LogP contribution is -2.50. The van der Waals surface area contributed by atoms with E-state index in [4.69, 9.17) is 19.4 Å². The van der Waals surface area contributed by atoms with Crippen LogP contribution in [0.25, 0.3) is 22.1 Å². The maximum absolute atomic E-state index is 13.1. The van der Waals surface area contributed by atoms with E-state index < -0.39 is 5.60 Å². The molecule has 5 aromatic rings. The molecule has 2 saturated heterocycles. The first-order valence-corrected chi connectivity index (χ1v) is 24.1. The number of nitrogens with zero attached hydrogens (tertiary/aromatic N) is 7. The molecular formula is C45H57BrIN7O4S. The number of halogens is 2. The van der Waals surface area contributed by atoms with Gasteiger partial charge >= 0.3 is 11.8 Å². The van der Waals surface area contributed by atoms with Gasteiger partial charge in [-0.1, -0.05) is 101 Å². The number of anilines is 1. The molecule has 0 saturated carbocycles. The van der Waals surface area contributed by atoms with Crippen LogP contribution in [0.2, 0.25) is 0 Å². The Morgan fingerprint density at radius 1 is 0.949 bits per heavy atom. The van der Waals surface area contributed by atoms with Gasteiger partial charge in [0.25, 0.3) is 0 Å². The molecule has 1 amide bonds. The third-order valence-electron chi connectivity index (χ3n) is 11.3. The Kier molecular flexibility index (Phi) is 14.5. The van der Waals surface area contributed by atoms with Crippen molar-refractivity contribution in [3.05, 3.63) is 78.3 Å². The van der Waals surface area contributed by atoms with E-state index in [2.05, 4.69) is 73.5 Å². The minimum Gasteiger partial charge on any atom is -0.485 e. The van der Waals surface area contributed by atoms with Gasteiger partial charge in [0.05, 0.1) is 28.6 Å². The van der Waals surface area contributed by atoms with Crippen LogP contribution in [0.15, 0.2) is 63.1 Å². The molecule has 14 heteroatoms. The van der Waals surface area contributed by atoms with Crippen molar-refractivity contribution in [1.82, 2.24) is 29.0 Å². The number of likely N-dealkylation sites (tertiary alicyclic amines) is 1. The Morgan fingerprint density at radius 3 is 2.32 bits per heavy atom. The first-order chi connectivity index (χ1) is 28.4. The van der Waals surface area contributed by atoms with E-state index in [0.29, 0.717) is 37.6 Å². The van der Waals surface area contributed by atoms with Gasteiger partial charge in [-0.15, -0.1) is 0 Å². The van der Waals surface area contributed by atoms with E-state index in [1.807, 2.05) is 49.9 Å².